The van der Waals surface area contributed by atoms with Gasteiger partial charge in [0.1, 0.15) is 12.4 Å². The highest BCUT2D eigenvalue weighted by Crippen LogP contribution is 2.27. The highest BCUT2D eigenvalue weighted by Gasteiger charge is 2.33. The van der Waals surface area contributed by atoms with E-state index in [1.165, 1.54) is 25.5 Å². The molecule has 0 bridgehead atoms. The van der Waals surface area contributed by atoms with E-state index >= 15 is 0 Å². The van der Waals surface area contributed by atoms with E-state index in [2.05, 4.69) is 49.6 Å². The summed E-state index contributed by atoms with van der Waals surface area (Å²) >= 11 is 0. The maximum atomic E-state index is 12.3. The van der Waals surface area contributed by atoms with E-state index in [0.29, 0.717) is 24.3 Å². The zero-order valence-corrected chi connectivity index (χ0v) is 21.4. The van der Waals surface area contributed by atoms with Crippen LogP contribution in [0.5, 0.6) is 5.75 Å². The average Bonchev–Trinajstić information content (AvgIpc) is 3.13. The molecule has 186 valence electrons. The average molecular weight is 483 g/mol. The van der Waals surface area contributed by atoms with Crippen molar-refractivity contribution in [2.45, 2.75) is 33.1 Å². The Bertz CT molecular complexity index is 1250. The zero-order chi connectivity index (χ0) is 25.7. The van der Waals surface area contributed by atoms with Gasteiger partial charge in [0.15, 0.2) is 0 Å². The summed E-state index contributed by atoms with van der Waals surface area (Å²) in [4.78, 5) is 27.8. The number of rotatable bonds is 11. The van der Waals surface area contributed by atoms with Gasteiger partial charge in [-0.1, -0.05) is 56.3 Å². The van der Waals surface area contributed by atoms with Gasteiger partial charge >= 0.3 is 0 Å². The van der Waals surface area contributed by atoms with Crippen molar-refractivity contribution in [2.24, 2.45) is 0 Å². The molecule has 0 saturated heterocycles. The number of carbonyl (C=O) groups excluding carboxylic acids is 2. The van der Waals surface area contributed by atoms with Crippen molar-refractivity contribution in [3.63, 3.8) is 0 Å². The lowest BCUT2D eigenvalue weighted by Crippen LogP contribution is -2.28. The van der Waals surface area contributed by atoms with Gasteiger partial charge in [0.2, 0.25) is 0 Å². The van der Waals surface area contributed by atoms with Crippen molar-refractivity contribution in [3.05, 3.63) is 101 Å². The number of aryl methyl sites for hydroxylation is 1. The van der Waals surface area contributed by atoms with Crippen LogP contribution in [0.2, 0.25) is 0 Å². The molecule has 0 atom stereocenters. The molecule has 0 N–H and O–H groups in total. The standard InChI is InChI=1S/C31H34N2O3/c1-5-7-8-23-9-11-24(12-10-23)22(3)25-13-16-27(17-14-25)36-20-19-33(6-2)26-15-18-28-29(21-26)31(35)32(4)30(28)34/h9-18,21H,3,5-8,19-20H2,1-2,4H3. The monoisotopic (exact) mass is 482 g/mol. The molecular formula is C31H34N2O3. The van der Waals surface area contributed by atoms with Crippen molar-refractivity contribution < 1.29 is 14.3 Å². The Morgan fingerprint density at radius 3 is 2.17 bits per heavy atom. The van der Waals surface area contributed by atoms with Gasteiger partial charge in [-0.3, -0.25) is 14.5 Å². The summed E-state index contributed by atoms with van der Waals surface area (Å²) in [6, 6.07) is 22.2. The molecular weight excluding hydrogens is 448 g/mol. The summed E-state index contributed by atoms with van der Waals surface area (Å²) in [5.41, 5.74) is 6.40. The van der Waals surface area contributed by atoms with E-state index in [-0.39, 0.29) is 11.8 Å². The summed E-state index contributed by atoms with van der Waals surface area (Å²) in [5.74, 6) is 0.301. The van der Waals surface area contributed by atoms with Gasteiger partial charge in [-0.25, -0.2) is 0 Å². The Labute approximate surface area is 214 Å². The first kappa shape index (κ1) is 25.2. The lowest BCUT2D eigenvalue weighted by Gasteiger charge is -2.23. The number of carbonyl (C=O) groups is 2. The lowest BCUT2D eigenvalue weighted by molar-refractivity contribution is 0.0693. The van der Waals surface area contributed by atoms with E-state index < -0.39 is 0 Å². The fraction of sp³-hybridized carbons (Fsp3) is 0.290. The first-order chi connectivity index (χ1) is 17.4. The predicted octanol–water partition coefficient (Wildman–Crippen LogP) is 6.22. The third-order valence-corrected chi connectivity index (χ3v) is 6.77. The van der Waals surface area contributed by atoms with Crippen LogP contribution >= 0.6 is 0 Å². The third-order valence-electron chi connectivity index (χ3n) is 6.77. The Hall–Kier alpha value is -3.86. The summed E-state index contributed by atoms with van der Waals surface area (Å²) in [6.07, 6.45) is 3.53. The quantitative estimate of drug-likeness (QED) is 0.304. The van der Waals surface area contributed by atoms with Gasteiger partial charge in [0.25, 0.3) is 11.8 Å². The number of amides is 2. The SMILES string of the molecule is C=C(c1ccc(CCCC)cc1)c1ccc(OCCN(CC)c2ccc3c(c2)C(=O)N(C)C3=O)cc1. The van der Waals surface area contributed by atoms with Crippen LogP contribution in [-0.4, -0.2) is 43.5 Å². The van der Waals surface area contributed by atoms with Crippen molar-refractivity contribution in [1.29, 1.82) is 0 Å². The van der Waals surface area contributed by atoms with Crippen LogP contribution < -0.4 is 9.64 Å². The molecule has 0 aromatic heterocycles. The predicted molar refractivity (Wildman–Crippen MR) is 146 cm³/mol. The van der Waals surface area contributed by atoms with E-state index in [4.69, 9.17) is 4.74 Å². The molecule has 36 heavy (non-hydrogen) atoms. The molecule has 1 aliphatic rings. The topological polar surface area (TPSA) is 49.9 Å². The van der Waals surface area contributed by atoms with Crippen molar-refractivity contribution in [2.75, 3.05) is 31.6 Å². The van der Waals surface area contributed by atoms with Crippen LogP contribution in [0.25, 0.3) is 5.57 Å². The zero-order valence-electron chi connectivity index (χ0n) is 21.4. The lowest BCUT2D eigenvalue weighted by atomic mass is 9.97. The maximum Gasteiger partial charge on any atom is 0.261 e. The minimum Gasteiger partial charge on any atom is -0.492 e. The molecule has 1 aliphatic heterocycles. The molecule has 2 amide bonds. The van der Waals surface area contributed by atoms with Gasteiger partial charge in [-0.2, -0.15) is 0 Å². The van der Waals surface area contributed by atoms with E-state index in [9.17, 15) is 9.59 Å². The molecule has 1 heterocycles. The number of benzene rings is 3. The molecule has 4 rings (SSSR count). The minimum atomic E-state index is -0.252. The molecule has 3 aromatic carbocycles. The normalized spacial score (nSPS) is 12.6. The van der Waals surface area contributed by atoms with Gasteiger partial charge in [0, 0.05) is 19.3 Å². The minimum absolute atomic E-state index is 0.247. The largest absolute Gasteiger partial charge is 0.492 e. The number of hydrogen-bond acceptors (Lipinski definition) is 4. The number of likely N-dealkylation sites (N-methyl/N-ethyl adjacent to an activating group) is 1. The summed E-state index contributed by atoms with van der Waals surface area (Å²) in [6.45, 7) is 10.5. The number of unbranched alkanes of at least 4 members (excludes halogenated alkanes) is 1. The maximum absolute atomic E-state index is 12.3. The highest BCUT2D eigenvalue weighted by atomic mass is 16.5. The third kappa shape index (κ3) is 5.35. The van der Waals surface area contributed by atoms with Gasteiger partial charge in [-0.05, 0) is 72.4 Å². The second-order valence-corrected chi connectivity index (χ2v) is 9.13. The van der Waals surface area contributed by atoms with Crippen LogP contribution in [-0.2, 0) is 6.42 Å². The number of nitrogens with zero attached hydrogens (tertiary/aromatic N) is 2. The van der Waals surface area contributed by atoms with Crippen LogP contribution in [0.1, 0.15) is 64.1 Å². The Morgan fingerprint density at radius 2 is 1.53 bits per heavy atom. The molecule has 0 fully saturated rings. The van der Waals surface area contributed by atoms with Crippen LogP contribution in [0.4, 0.5) is 5.69 Å². The van der Waals surface area contributed by atoms with Crippen LogP contribution in [0.3, 0.4) is 0 Å². The van der Waals surface area contributed by atoms with Crippen molar-refractivity contribution in [3.8, 4) is 5.75 Å². The van der Waals surface area contributed by atoms with E-state index in [0.717, 1.165) is 46.0 Å². The molecule has 0 saturated carbocycles. The van der Waals surface area contributed by atoms with E-state index in [1.54, 1.807) is 12.1 Å². The summed E-state index contributed by atoms with van der Waals surface area (Å²) < 4.78 is 6.00. The first-order valence-electron chi connectivity index (χ1n) is 12.7. The van der Waals surface area contributed by atoms with Gasteiger partial charge in [-0.15, -0.1) is 0 Å². The van der Waals surface area contributed by atoms with Gasteiger partial charge < -0.3 is 9.64 Å². The number of ether oxygens (including phenoxy) is 1. The fourth-order valence-corrected chi connectivity index (χ4v) is 4.46. The Balaban J connectivity index is 1.33. The fourth-order valence-electron chi connectivity index (χ4n) is 4.46. The number of hydrogen-bond donors (Lipinski definition) is 0. The number of imide groups is 1. The number of fused-ring (bicyclic) bond motifs is 1. The molecule has 5 heteroatoms. The number of anilines is 1. The molecule has 5 nitrogen and oxygen atoms in total. The second-order valence-electron chi connectivity index (χ2n) is 9.13. The molecule has 3 aromatic rings. The summed E-state index contributed by atoms with van der Waals surface area (Å²) in [5, 5.41) is 0. The highest BCUT2D eigenvalue weighted by molar-refractivity contribution is 6.21. The van der Waals surface area contributed by atoms with Crippen molar-refractivity contribution >= 4 is 23.1 Å². The summed E-state index contributed by atoms with van der Waals surface area (Å²) in [7, 11) is 1.51. The molecule has 0 aliphatic carbocycles. The van der Waals surface area contributed by atoms with Gasteiger partial charge in [0.05, 0.1) is 17.7 Å². The Morgan fingerprint density at radius 1 is 0.889 bits per heavy atom. The van der Waals surface area contributed by atoms with E-state index in [1.807, 2.05) is 30.3 Å². The smallest absolute Gasteiger partial charge is 0.261 e. The molecule has 0 spiro atoms. The second kappa shape index (κ2) is 11.3. The van der Waals surface area contributed by atoms with Crippen molar-refractivity contribution in [1.82, 2.24) is 4.90 Å². The first-order valence-corrected chi connectivity index (χ1v) is 12.7. The van der Waals surface area contributed by atoms with Crippen LogP contribution in [0.15, 0.2) is 73.3 Å². The Kier molecular flexibility index (Phi) is 7.89. The molecule has 0 radical (unpaired) electrons. The van der Waals surface area contributed by atoms with Crippen LogP contribution in [0, 0.1) is 0 Å². The molecule has 0 unspecified atom stereocenters.